The second-order valence-electron chi connectivity index (χ2n) is 6.50. The molecule has 0 unspecified atom stereocenters. The second kappa shape index (κ2) is 7.40. The lowest BCUT2D eigenvalue weighted by atomic mass is 10.1. The normalized spacial score (nSPS) is 16.1. The van der Waals surface area contributed by atoms with Crippen molar-refractivity contribution < 1.29 is 14.3 Å². The van der Waals surface area contributed by atoms with Crippen molar-refractivity contribution in [3.63, 3.8) is 0 Å². The van der Waals surface area contributed by atoms with Crippen molar-refractivity contribution in [2.75, 3.05) is 11.4 Å². The molecule has 0 saturated heterocycles. The van der Waals surface area contributed by atoms with Crippen molar-refractivity contribution in [3.8, 4) is 5.75 Å². The number of rotatable bonds is 5. The van der Waals surface area contributed by atoms with Crippen LogP contribution in [0.5, 0.6) is 5.75 Å². The Morgan fingerprint density at radius 1 is 1.19 bits per heavy atom. The lowest BCUT2D eigenvalue weighted by molar-refractivity contribution is -0.125. The van der Waals surface area contributed by atoms with E-state index >= 15 is 0 Å². The monoisotopic (exact) mass is 380 g/mol. The maximum Gasteiger partial charge on any atom is 0.267 e. The van der Waals surface area contributed by atoms with Gasteiger partial charge in [0.15, 0.2) is 6.10 Å². The number of hydrogen-bond acceptors (Lipinski definition) is 4. The molecule has 0 radical (unpaired) electrons. The topological polar surface area (TPSA) is 58.6 Å². The number of benzene rings is 2. The fourth-order valence-corrected chi connectivity index (χ4v) is 4.22. The summed E-state index contributed by atoms with van der Waals surface area (Å²) in [6.07, 6.45) is -0.297. The van der Waals surface area contributed by atoms with Gasteiger partial charge in [0, 0.05) is 24.2 Å². The number of hydrogen-bond donors (Lipinski definition) is 1. The highest BCUT2D eigenvalue weighted by molar-refractivity contribution is 7.17. The largest absolute Gasteiger partial charge is 0.479 e. The quantitative estimate of drug-likeness (QED) is 0.734. The van der Waals surface area contributed by atoms with Crippen molar-refractivity contribution in [1.82, 2.24) is 5.32 Å². The van der Waals surface area contributed by atoms with Gasteiger partial charge in [-0.2, -0.15) is 0 Å². The number of anilines is 1. The molecule has 27 heavy (non-hydrogen) atoms. The van der Waals surface area contributed by atoms with Crippen LogP contribution in [0.15, 0.2) is 53.9 Å². The van der Waals surface area contributed by atoms with Gasteiger partial charge in [0.25, 0.3) is 5.91 Å². The van der Waals surface area contributed by atoms with Crippen LogP contribution in [0.1, 0.15) is 18.9 Å². The summed E-state index contributed by atoms with van der Waals surface area (Å²) in [5, 5.41) is 6.22. The van der Waals surface area contributed by atoms with Crippen LogP contribution in [0.25, 0.3) is 10.1 Å². The van der Waals surface area contributed by atoms with Crippen molar-refractivity contribution in [2.24, 2.45) is 0 Å². The Hall–Kier alpha value is -2.86. The highest BCUT2D eigenvalue weighted by atomic mass is 32.1. The van der Waals surface area contributed by atoms with E-state index < -0.39 is 6.10 Å². The van der Waals surface area contributed by atoms with E-state index in [1.54, 1.807) is 23.2 Å². The van der Waals surface area contributed by atoms with Crippen LogP contribution in [-0.2, 0) is 16.1 Å². The third kappa shape index (κ3) is 3.53. The molecule has 6 heteroatoms. The summed E-state index contributed by atoms with van der Waals surface area (Å²) in [6.45, 7) is 2.56. The summed E-state index contributed by atoms with van der Waals surface area (Å²) >= 11 is 1.68. The van der Waals surface area contributed by atoms with Crippen LogP contribution >= 0.6 is 11.3 Å². The third-order valence-corrected chi connectivity index (χ3v) is 5.69. The molecule has 0 aliphatic carbocycles. The van der Waals surface area contributed by atoms with Crippen molar-refractivity contribution in [3.05, 3.63) is 59.5 Å². The minimum atomic E-state index is -0.542. The number of nitrogens with zero attached hydrogens (tertiary/aromatic N) is 1. The highest BCUT2D eigenvalue weighted by Gasteiger charge is 2.31. The van der Waals surface area contributed by atoms with Gasteiger partial charge in [0.05, 0.1) is 5.69 Å². The second-order valence-corrected chi connectivity index (χ2v) is 7.41. The fraction of sp³-hybridized carbons (Fsp3) is 0.238. The van der Waals surface area contributed by atoms with E-state index in [1.165, 1.54) is 10.1 Å². The zero-order valence-electron chi connectivity index (χ0n) is 15.0. The Kier molecular flexibility index (Phi) is 4.81. The Labute approximate surface area is 161 Å². The van der Waals surface area contributed by atoms with E-state index in [0.717, 1.165) is 11.3 Å². The average Bonchev–Trinajstić information content (AvgIpc) is 3.10. The molecule has 0 fully saturated rings. The Morgan fingerprint density at radius 2 is 1.96 bits per heavy atom. The molecule has 0 spiro atoms. The molecule has 1 aliphatic heterocycles. The smallest absolute Gasteiger partial charge is 0.267 e. The maximum absolute atomic E-state index is 12.5. The molecular formula is C21H20N2O3S. The molecule has 138 valence electrons. The zero-order valence-corrected chi connectivity index (χ0v) is 15.8. The number of fused-ring (bicyclic) bond motifs is 2. The molecule has 2 amide bonds. The molecule has 1 N–H and O–H groups in total. The van der Waals surface area contributed by atoms with Gasteiger partial charge in [0.2, 0.25) is 5.91 Å². The molecule has 5 nitrogen and oxygen atoms in total. The lowest BCUT2D eigenvalue weighted by Crippen LogP contribution is -2.45. The van der Waals surface area contributed by atoms with Gasteiger partial charge >= 0.3 is 0 Å². The number of amides is 2. The fourth-order valence-electron chi connectivity index (χ4n) is 3.25. The molecule has 2 aromatic carbocycles. The van der Waals surface area contributed by atoms with Gasteiger partial charge in [0.1, 0.15) is 5.75 Å². The third-order valence-electron chi connectivity index (χ3n) is 4.67. The highest BCUT2D eigenvalue weighted by Crippen LogP contribution is 2.33. The van der Waals surface area contributed by atoms with Crippen LogP contribution in [0.2, 0.25) is 0 Å². The van der Waals surface area contributed by atoms with Gasteiger partial charge in [-0.05, 0) is 41.5 Å². The molecule has 0 bridgehead atoms. The van der Waals surface area contributed by atoms with Gasteiger partial charge < -0.3 is 15.0 Å². The SMILES string of the molecule is C[C@@H]1Oc2ccccc2N(CCC(=O)NCc2csc3ccccc23)C1=O. The van der Waals surface area contributed by atoms with Gasteiger partial charge in [-0.3, -0.25) is 9.59 Å². The van der Waals surface area contributed by atoms with E-state index in [4.69, 9.17) is 4.74 Å². The van der Waals surface area contributed by atoms with Crippen molar-refractivity contribution >= 4 is 38.9 Å². The number of carbonyl (C=O) groups is 2. The number of carbonyl (C=O) groups excluding carboxylic acids is 2. The van der Waals surface area contributed by atoms with Gasteiger partial charge in [-0.25, -0.2) is 0 Å². The van der Waals surface area contributed by atoms with E-state index in [9.17, 15) is 9.59 Å². The average molecular weight is 380 g/mol. The molecule has 2 heterocycles. The number of para-hydroxylation sites is 2. The first-order valence-electron chi connectivity index (χ1n) is 8.92. The summed E-state index contributed by atoms with van der Waals surface area (Å²) in [5.74, 6) is 0.481. The molecule has 1 aliphatic rings. The van der Waals surface area contributed by atoms with Crippen molar-refractivity contribution in [2.45, 2.75) is 26.0 Å². The molecular weight excluding hydrogens is 360 g/mol. The first-order valence-corrected chi connectivity index (χ1v) is 9.80. The van der Waals surface area contributed by atoms with Gasteiger partial charge in [-0.15, -0.1) is 11.3 Å². The summed E-state index contributed by atoms with van der Waals surface area (Å²) < 4.78 is 6.84. The summed E-state index contributed by atoms with van der Waals surface area (Å²) in [7, 11) is 0. The summed E-state index contributed by atoms with van der Waals surface area (Å²) in [5.41, 5.74) is 1.84. The summed E-state index contributed by atoms with van der Waals surface area (Å²) in [4.78, 5) is 26.4. The van der Waals surface area contributed by atoms with E-state index in [0.29, 0.717) is 18.8 Å². The molecule has 1 aromatic heterocycles. The van der Waals surface area contributed by atoms with Crippen LogP contribution < -0.4 is 15.0 Å². The minimum absolute atomic E-state index is 0.0743. The molecule has 4 rings (SSSR count). The Balaban J connectivity index is 1.38. The van der Waals surface area contributed by atoms with Crippen LogP contribution in [0.3, 0.4) is 0 Å². The van der Waals surface area contributed by atoms with Gasteiger partial charge in [-0.1, -0.05) is 30.3 Å². The van der Waals surface area contributed by atoms with Crippen molar-refractivity contribution in [1.29, 1.82) is 0 Å². The zero-order chi connectivity index (χ0) is 18.8. The first kappa shape index (κ1) is 17.5. The van der Waals surface area contributed by atoms with E-state index in [-0.39, 0.29) is 18.2 Å². The standard InChI is InChI=1S/C21H20N2O3S/c1-14-21(25)23(17-7-3-4-8-18(17)26-14)11-10-20(24)22-12-15-13-27-19-9-5-2-6-16(15)19/h2-9,13-14H,10-12H2,1H3,(H,22,24)/t14-/m0/s1. The predicted octanol–water partition coefficient (Wildman–Crippen LogP) is 3.72. The lowest BCUT2D eigenvalue weighted by Gasteiger charge is -2.32. The molecule has 3 aromatic rings. The number of ether oxygens (including phenoxy) is 1. The molecule has 1 atom stereocenters. The minimum Gasteiger partial charge on any atom is -0.479 e. The summed E-state index contributed by atoms with van der Waals surface area (Å²) in [6, 6.07) is 15.6. The van der Waals surface area contributed by atoms with E-state index in [2.05, 4.69) is 22.8 Å². The van der Waals surface area contributed by atoms with Crippen LogP contribution in [0.4, 0.5) is 5.69 Å². The Morgan fingerprint density at radius 3 is 2.85 bits per heavy atom. The number of thiophene rings is 1. The maximum atomic E-state index is 12.5. The van der Waals surface area contributed by atoms with Crippen LogP contribution in [-0.4, -0.2) is 24.5 Å². The van der Waals surface area contributed by atoms with Crippen LogP contribution in [0, 0.1) is 0 Å². The van der Waals surface area contributed by atoms with E-state index in [1.807, 2.05) is 36.4 Å². The first-order chi connectivity index (χ1) is 13.1. The predicted molar refractivity (Wildman–Crippen MR) is 107 cm³/mol. The molecule has 0 saturated carbocycles. The number of nitrogens with one attached hydrogen (secondary N) is 1. The Bertz CT molecular complexity index is 998.